The lowest BCUT2D eigenvalue weighted by atomic mass is 10.1. The molecule has 0 spiro atoms. The van der Waals surface area contributed by atoms with E-state index >= 15 is 0 Å². The predicted molar refractivity (Wildman–Crippen MR) is 86.7 cm³/mol. The molecule has 0 aliphatic heterocycles. The molecule has 0 radical (unpaired) electrons. The molecule has 1 N–H and O–H groups in total. The van der Waals surface area contributed by atoms with Crippen LogP contribution in [0, 0.1) is 17.0 Å². The minimum Gasteiger partial charge on any atom is -0.345 e. The molecular formula is C15H17N5O4. The summed E-state index contributed by atoms with van der Waals surface area (Å²) in [5.41, 5.74) is 1.58. The number of carbonyl (C=O) groups is 2. The predicted octanol–water partition coefficient (Wildman–Crippen LogP) is 1.44. The van der Waals surface area contributed by atoms with E-state index in [-0.39, 0.29) is 18.1 Å². The molecular weight excluding hydrogens is 314 g/mol. The summed E-state index contributed by atoms with van der Waals surface area (Å²) in [6.07, 6.45) is 2.26. The molecule has 0 aliphatic rings. The summed E-state index contributed by atoms with van der Waals surface area (Å²) in [6.45, 7) is 1.64. The van der Waals surface area contributed by atoms with Crippen LogP contribution in [-0.4, -0.2) is 45.5 Å². The van der Waals surface area contributed by atoms with Crippen molar-refractivity contribution in [1.82, 2.24) is 14.7 Å². The van der Waals surface area contributed by atoms with E-state index in [0.717, 1.165) is 11.8 Å². The molecule has 0 atom stereocenters. The van der Waals surface area contributed by atoms with Crippen molar-refractivity contribution in [3.05, 3.63) is 51.8 Å². The molecule has 0 unspecified atom stereocenters. The molecule has 2 amide bonds. The van der Waals surface area contributed by atoms with Crippen molar-refractivity contribution in [2.45, 2.75) is 13.5 Å². The lowest BCUT2D eigenvalue weighted by Gasteiger charge is -2.13. The quantitative estimate of drug-likeness (QED) is 0.658. The molecule has 0 saturated heterocycles. The number of anilines is 1. The standard InChI is InChI=1S/C15H17N5O4/c1-10-4-5-11(15(22)18(2)3)6-13(10)17-14(21)9-19-8-12(7-16-19)20(23)24/h4-8H,9H2,1-3H3,(H,17,21). The van der Waals surface area contributed by atoms with Gasteiger partial charge in [-0.15, -0.1) is 0 Å². The van der Waals surface area contributed by atoms with Crippen LogP contribution in [0.4, 0.5) is 11.4 Å². The first kappa shape index (κ1) is 17.1. The van der Waals surface area contributed by atoms with Crippen LogP contribution in [0.25, 0.3) is 0 Å². The van der Waals surface area contributed by atoms with Gasteiger partial charge in [0.15, 0.2) is 0 Å². The van der Waals surface area contributed by atoms with Crippen LogP contribution in [-0.2, 0) is 11.3 Å². The Balaban J connectivity index is 2.11. The van der Waals surface area contributed by atoms with Crippen LogP contribution >= 0.6 is 0 Å². The number of carbonyl (C=O) groups excluding carboxylic acids is 2. The topological polar surface area (TPSA) is 110 Å². The van der Waals surface area contributed by atoms with Gasteiger partial charge in [-0.25, -0.2) is 0 Å². The van der Waals surface area contributed by atoms with Crippen LogP contribution in [0.3, 0.4) is 0 Å². The largest absolute Gasteiger partial charge is 0.345 e. The number of rotatable bonds is 5. The molecule has 2 rings (SSSR count). The smallest absolute Gasteiger partial charge is 0.307 e. The molecule has 9 nitrogen and oxygen atoms in total. The van der Waals surface area contributed by atoms with Gasteiger partial charge in [0.25, 0.3) is 5.91 Å². The average molecular weight is 331 g/mol. The van der Waals surface area contributed by atoms with Crippen molar-refractivity contribution in [2.75, 3.05) is 19.4 Å². The molecule has 0 bridgehead atoms. The van der Waals surface area contributed by atoms with E-state index in [4.69, 9.17) is 0 Å². The van der Waals surface area contributed by atoms with Gasteiger partial charge in [0.05, 0.1) is 4.92 Å². The number of aromatic nitrogens is 2. The number of nitrogens with one attached hydrogen (secondary N) is 1. The molecule has 9 heteroatoms. The van der Waals surface area contributed by atoms with E-state index in [2.05, 4.69) is 10.4 Å². The fourth-order valence-corrected chi connectivity index (χ4v) is 2.02. The SMILES string of the molecule is Cc1ccc(C(=O)N(C)C)cc1NC(=O)Cn1cc([N+](=O)[O-])cn1. The maximum atomic E-state index is 12.1. The highest BCUT2D eigenvalue weighted by molar-refractivity contribution is 5.97. The van der Waals surface area contributed by atoms with E-state index < -0.39 is 10.8 Å². The lowest BCUT2D eigenvalue weighted by Crippen LogP contribution is -2.23. The van der Waals surface area contributed by atoms with Crippen LogP contribution in [0.5, 0.6) is 0 Å². The lowest BCUT2D eigenvalue weighted by molar-refractivity contribution is -0.385. The van der Waals surface area contributed by atoms with Gasteiger partial charge < -0.3 is 10.2 Å². The zero-order chi connectivity index (χ0) is 17.9. The number of hydrogen-bond acceptors (Lipinski definition) is 5. The molecule has 126 valence electrons. The molecule has 24 heavy (non-hydrogen) atoms. The molecule has 0 saturated carbocycles. The van der Waals surface area contributed by atoms with E-state index in [0.29, 0.717) is 11.3 Å². The van der Waals surface area contributed by atoms with Crippen molar-refractivity contribution in [2.24, 2.45) is 0 Å². The third-order valence-corrected chi connectivity index (χ3v) is 3.30. The summed E-state index contributed by atoms with van der Waals surface area (Å²) in [6, 6.07) is 5.02. The minimum atomic E-state index is -0.581. The first-order chi connectivity index (χ1) is 11.3. The Morgan fingerprint density at radius 2 is 2.08 bits per heavy atom. The fraction of sp³-hybridized carbons (Fsp3) is 0.267. The summed E-state index contributed by atoms with van der Waals surface area (Å²) in [4.78, 5) is 35.5. The van der Waals surface area contributed by atoms with Crippen molar-refractivity contribution in [3.63, 3.8) is 0 Å². The molecule has 2 aromatic rings. The van der Waals surface area contributed by atoms with Crippen molar-refractivity contribution in [1.29, 1.82) is 0 Å². The second kappa shape index (κ2) is 6.90. The number of nitro groups is 1. The van der Waals surface area contributed by atoms with Gasteiger partial charge in [-0.1, -0.05) is 6.07 Å². The monoisotopic (exact) mass is 331 g/mol. The van der Waals surface area contributed by atoms with E-state index in [1.807, 2.05) is 0 Å². The van der Waals surface area contributed by atoms with Gasteiger partial charge in [0, 0.05) is 25.3 Å². The molecule has 0 fully saturated rings. The Hall–Kier alpha value is -3.23. The Morgan fingerprint density at radius 3 is 2.67 bits per heavy atom. The average Bonchev–Trinajstić information content (AvgIpc) is 2.97. The fourth-order valence-electron chi connectivity index (χ4n) is 2.02. The van der Waals surface area contributed by atoms with Crippen molar-refractivity contribution >= 4 is 23.2 Å². The molecule has 1 aromatic carbocycles. The second-order valence-electron chi connectivity index (χ2n) is 5.43. The molecule has 1 heterocycles. The van der Waals surface area contributed by atoms with Crippen LogP contribution in [0.1, 0.15) is 15.9 Å². The number of hydrogen-bond donors (Lipinski definition) is 1. The third-order valence-electron chi connectivity index (χ3n) is 3.30. The zero-order valence-electron chi connectivity index (χ0n) is 13.5. The minimum absolute atomic E-state index is 0.168. The van der Waals surface area contributed by atoms with E-state index in [9.17, 15) is 19.7 Å². The third kappa shape index (κ3) is 3.94. The molecule has 0 aliphatic carbocycles. The zero-order valence-corrected chi connectivity index (χ0v) is 13.5. The van der Waals surface area contributed by atoms with Gasteiger partial charge in [-0.05, 0) is 24.6 Å². The Labute approximate surface area is 138 Å². The number of aryl methyl sites for hydroxylation is 1. The summed E-state index contributed by atoms with van der Waals surface area (Å²) < 4.78 is 1.18. The van der Waals surface area contributed by atoms with E-state index in [1.165, 1.54) is 15.8 Å². The highest BCUT2D eigenvalue weighted by Gasteiger charge is 2.14. The maximum absolute atomic E-state index is 12.1. The number of benzene rings is 1. The highest BCUT2D eigenvalue weighted by atomic mass is 16.6. The van der Waals surface area contributed by atoms with Gasteiger partial charge >= 0.3 is 5.69 Å². The molecule has 1 aromatic heterocycles. The highest BCUT2D eigenvalue weighted by Crippen LogP contribution is 2.18. The maximum Gasteiger partial charge on any atom is 0.307 e. The summed E-state index contributed by atoms with van der Waals surface area (Å²) >= 11 is 0. The first-order valence-corrected chi connectivity index (χ1v) is 7.07. The van der Waals surface area contributed by atoms with Crippen LogP contribution < -0.4 is 5.32 Å². The Morgan fingerprint density at radius 1 is 1.38 bits per heavy atom. The van der Waals surface area contributed by atoms with Gasteiger partial charge in [0.2, 0.25) is 5.91 Å². The van der Waals surface area contributed by atoms with Gasteiger partial charge in [-0.3, -0.25) is 24.4 Å². The Bertz CT molecular complexity index is 797. The Kier molecular flexibility index (Phi) is 4.93. The van der Waals surface area contributed by atoms with Gasteiger partial charge in [-0.2, -0.15) is 5.10 Å². The van der Waals surface area contributed by atoms with E-state index in [1.54, 1.807) is 39.2 Å². The van der Waals surface area contributed by atoms with Crippen molar-refractivity contribution < 1.29 is 14.5 Å². The first-order valence-electron chi connectivity index (χ1n) is 7.07. The van der Waals surface area contributed by atoms with Crippen molar-refractivity contribution in [3.8, 4) is 0 Å². The summed E-state index contributed by atoms with van der Waals surface area (Å²) in [7, 11) is 3.29. The normalized spacial score (nSPS) is 10.3. The van der Waals surface area contributed by atoms with Crippen LogP contribution in [0.2, 0.25) is 0 Å². The second-order valence-corrected chi connectivity index (χ2v) is 5.43. The number of amides is 2. The summed E-state index contributed by atoms with van der Waals surface area (Å²) in [5.74, 6) is -0.571. The van der Waals surface area contributed by atoms with Gasteiger partial charge in [0.1, 0.15) is 18.9 Å². The number of nitrogens with zero attached hydrogens (tertiary/aromatic N) is 4. The van der Waals surface area contributed by atoms with Crippen LogP contribution in [0.15, 0.2) is 30.6 Å². The summed E-state index contributed by atoms with van der Waals surface area (Å²) in [5, 5.41) is 17.1.